The number of nitrogens with zero attached hydrogens (tertiary/aromatic N) is 6. The predicted molar refractivity (Wildman–Crippen MR) is 341 cm³/mol. The molecule has 0 fully saturated rings. The van der Waals surface area contributed by atoms with E-state index in [0.717, 1.165) is 101 Å². The van der Waals surface area contributed by atoms with E-state index in [2.05, 4.69) is 26.6 Å². The van der Waals surface area contributed by atoms with Crippen molar-refractivity contribution in [3.05, 3.63) is 187 Å². The van der Waals surface area contributed by atoms with Gasteiger partial charge in [-0.1, -0.05) is 59.6 Å². The van der Waals surface area contributed by atoms with E-state index in [1.165, 1.54) is 54.7 Å². The van der Waals surface area contributed by atoms with Gasteiger partial charge in [-0.25, -0.2) is 16.8 Å². The second-order valence-corrected chi connectivity index (χ2v) is 27.5. The quantitative estimate of drug-likeness (QED) is 0.0566. The molecule has 0 aliphatic heterocycles. The predicted octanol–water partition coefficient (Wildman–Crippen LogP) is 12.6. The molecule has 5 heterocycles. The third kappa shape index (κ3) is 14.5. The van der Waals surface area contributed by atoms with Crippen LogP contribution in [0.15, 0.2) is 203 Å². The first-order chi connectivity index (χ1) is 41.9. The molecule has 11 aromatic rings. The van der Waals surface area contributed by atoms with Crippen molar-refractivity contribution in [2.45, 2.75) is 86.5 Å². The molecule has 24 heteroatoms. The minimum absolute atomic E-state index is 0.137. The van der Waals surface area contributed by atoms with Crippen LogP contribution in [0.4, 0.5) is 5.69 Å². The van der Waals surface area contributed by atoms with Gasteiger partial charge in [-0.05, 0) is 147 Å². The number of anilines is 1. The molecule has 11 rings (SSSR count). The van der Waals surface area contributed by atoms with Crippen molar-refractivity contribution >= 4 is 117 Å². The smallest absolute Gasteiger partial charge is 0.323 e. The maximum Gasteiger partial charge on any atom is 0.323 e. The first-order valence-corrected chi connectivity index (χ1v) is 33.0. The number of aliphatic carboxylic acids is 3. The highest BCUT2D eigenvalue weighted by atomic mass is 32.2. The third-order valence-electron chi connectivity index (χ3n) is 14.0. The van der Waals surface area contributed by atoms with Crippen LogP contribution in [0.3, 0.4) is 0 Å². The number of nitrogens with one attached hydrogen (secondary N) is 2. The number of aromatic amines is 1. The summed E-state index contributed by atoms with van der Waals surface area (Å²) in [5.74, 6) is -2.95. The highest BCUT2D eigenvalue weighted by molar-refractivity contribution is 8.00. The van der Waals surface area contributed by atoms with Crippen LogP contribution in [0.5, 0.6) is 0 Å². The number of H-pyrrole nitrogens is 1. The van der Waals surface area contributed by atoms with Crippen molar-refractivity contribution in [1.82, 2.24) is 28.9 Å². The molecule has 0 aliphatic carbocycles. The largest absolute Gasteiger partial charge is 0.480 e. The van der Waals surface area contributed by atoms with Crippen LogP contribution < -0.4 is 5.32 Å². The maximum absolute atomic E-state index is 11.7. The Bertz CT molecular complexity index is 4750. The molecule has 0 spiro atoms. The molecule has 0 aliphatic rings. The number of benzene rings is 6. The van der Waals surface area contributed by atoms with E-state index in [4.69, 9.17) is 5.26 Å². The standard InChI is InChI=1S/C23H20N2O4S2.C21H19N3O4S2.C20H17N3O3S/c1-15-23(30-18-6-8-19(9-7-18)31(2,28)29)20-12-16(17-4-3-11-24-13-17)5-10-21(20)25(15)14-22(26)27;1-13-21(29-16-4-6-17(7-5-16)30(2,27)28)18-9-14(15-10-22-23-11-15)3-8-19(18)24(13)12-20(25)26;1-12-20(27-15-8-6-14(10-21)7-9-15)19-16(22-13(2)24)4-3-5-17(19)23(12)11-18(25)26/h3-13H,14H2,1-2H3,(H,26,27);3-11H,12H2,1-2H3,(H,22,23)(H,25,26);3-9H,11H2,1-2H3,(H,22,24)(H,25,26). The van der Waals surface area contributed by atoms with Gasteiger partial charge in [0.15, 0.2) is 19.7 Å². The number of sulfone groups is 2. The average molecular weight is 1270 g/mol. The Hall–Kier alpha value is -9.38. The molecule has 1 amide bonds. The summed E-state index contributed by atoms with van der Waals surface area (Å²) >= 11 is 4.45. The summed E-state index contributed by atoms with van der Waals surface area (Å²) in [4.78, 5) is 56.0. The summed E-state index contributed by atoms with van der Waals surface area (Å²) < 4.78 is 52.2. The van der Waals surface area contributed by atoms with Gasteiger partial charge in [0, 0.05) is 123 Å². The van der Waals surface area contributed by atoms with Crippen molar-refractivity contribution in [2.24, 2.45) is 0 Å². The third-order valence-corrected chi connectivity index (χ3v) is 19.9. The van der Waals surface area contributed by atoms with Crippen LogP contribution >= 0.6 is 35.3 Å². The zero-order chi connectivity index (χ0) is 63.2. The molecule has 0 saturated heterocycles. The molecule has 6 aromatic carbocycles. The zero-order valence-electron chi connectivity index (χ0n) is 48.0. The van der Waals surface area contributed by atoms with Crippen molar-refractivity contribution in [3.8, 4) is 28.3 Å². The molecule has 448 valence electrons. The van der Waals surface area contributed by atoms with Crippen molar-refractivity contribution in [2.75, 3.05) is 17.8 Å². The Morgan fingerprint density at radius 2 is 1.01 bits per heavy atom. The van der Waals surface area contributed by atoms with Crippen molar-refractivity contribution in [3.63, 3.8) is 0 Å². The Morgan fingerprint density at radius 3 is 1.43 bits per heavy atom. The molecule has 0 unspecified atom stereocenters. The fourth-order valence-corrected chi connectivity index (χ4v) is 14.3. The highest BCUT2D eigenvalue weighted by Gasteiger charge is 2.23. The lowest BCUT2D eigenvalue weighted by Gasteiger charge is -2.07. The van der Waals surface area contributed by atoms with Gasteiger partial charge >= 0.3 is 17.9 Å². The van der Waals surface area contributed by atoms with Crippen molar-refractivity contribution < 1.29 is 51.3 Å². The van der Waals surface area contributed by atoms with Crippen LogP contribution in [0, 0.1) is 32.1 Å². The van der Waals surface area contributed by atoms with E-state index in [9.17, 15) is 51.3 Å². The number of rotatable bonds is 17. The van der Waals surface area contributed by atoms with Gasteiger partial charge in [-0.3, -0.25) is 29.3 Å². The lowest BCUT2D eigenvalue weighted by molar-refractivity contribution is -0.138. The summed E-state index contributed by atoms with van der Waals surface area (Å²) in [5, 5.41) is 49.3. The number of carbonyl (C=O) groups excluding carboxylic acids is 1. The van der Waals surface area contributed by atoms with Gasteiger partial charge in [-0.2, -0.15) is 10.4 Å². The highest BCUT2D eigenvalue weighted by Crippen LogP contribution is 2.44. The summed E-state index contributed by atoms with van der Waals surface area (Å²) in [5.41, 5.74) is 9.99. The summed E-state index contributed by atoms with van der Waals surface area (Å²) in [6, 6.07) is 43.8. The Balaban J connectivity index is 0.000000158. The van der Waals surface area contributed by atoms with Gasteiger partial charge < -0.3 is 34.3 Å². The van der Waals surface area contributed by atoms with Crippen LogP contribution in [0.25, 0.3) is 55.0 Å². The first kappa shape index (κ1) is 63.1. The van der Waals surface area contributed by atoms with Crippen LogP contribution in [0.2, 0.25) is 0 Å². The van der Waals surface area contributed by atoms with E-state index in [1.807, 2.05) is 87.5 Å². The number of aromatic nitrogens is 6. The maximum atomic E-state index is 11.7. The van der Waals surface area contributed by atoms with Gasteiger partial charge in [0.05, 0.1) is 38.8 Å². The number of carboxylic acid groups (broad SMARTS) is 3. The summed E-state index contributed by atoms with van der Waals surface area (Å²) in [6.45, 7) is 6.66. The molecular weight excluding hydrogens is 1220 g/mol. The lowest BCUT2D eigenvalue weighted by atomic mass is 10.1. The molecule has 19 nitrogen and oxygen atoms in total. The minimum atomic E-state index is -3.27. The average Bonchev–Trinajstić information content (AvgIpc) is 2.05. The molecule has 0 radical (unpaired) electrons. The molecule has 0 bridgehead atoms. The number of amides is 1. The van der Waals surface area contributed by atoms with Gasteiger partial charge in [0.1, 0.15) is 19.6 Å². The number of pyridine rings is 1. The second kappa shape index (κ2) is 26.7. The summed E-state index contributed by atoms with van der Waals surface area (Å²) in [7, 11) is -6.53. The van der Waals surface area contributed by atoms with Gasteiger partial charge in [-0.15, -0.1) is 0 Å². The normalized spacial score (nSPS) is 11.4. The van der Waals surface area contributed by atoms with E-state index in [1.54, 1.807) is 111 Å². The minimum Gasteiger partial charge on any atom is -0.480 e. The number of hydrogen-bond donors (Lipinski definition) is 5. The molecular formula is C64H56N8O11S5. The molecule has 5 aromatic heterocycles. The Kier molecular flexibility index (Phi) is 19.2. The monoisotopic (exact) mass is 1270 g/mol. The molecule has 5 N–H and O–H groups in total. The van der Waals surface area contributed by atoms with E-state index >= 15 is 0 Å². The van der Waals surface area contributed by atoms with Crippen molar-refractivity contribution in [1.29, 1.82) is 5.26 Å². The van der Waals surface area contributed by atoms with Crippen LogP contribution in [-0.4, -0.2) is 97.4 Å². The topological polar surface area (TPSA) is 289 Å². The second-order valence-electron chi connectivity index (χ2n) is 20.2. The van der Waals surface area contributed by atoms with E-state index in [-0.39, 0.29) is 35.3 Å². The number of carbonyl (C=O) groups is 4. The summed E-state index contributed by atoms with van der Waals surface area (Å²) in [6.07, 6.45) is 9.41. The van der Waals surface area contributed by atoms with Crippen LogP contribution in [0.1, 0.15) is 29.6 Å². The zero-order valence-corrected chi connectivity index (χ0v) is 52.1. The van der Waals surface area contributed by atoms with Gasteiger partial charge in [0.25, 0.3) is 0 Å². The number of nitriles is 1. The van der Waals surface area contributed by atoms with E-state index < -0.39 is 37.6 Å². The number of fused-ring (bicyclic) bond motifs is 3. The fourth-order valence-electron chi connectivity index (χ4n) is 9.85. The van der Waals surface area contributed by atoms with E-state index in [0.29, 0.717) is 11.3 Å². The first-order valence-electron chi connectivity index (χ1n) is 26.7. The Morgan fingerprint density at radius 1 is 0.557 bits per heavy atom. The lowest BCUT2D eigenvalue weighted by Crippen LogP contribution is -2.10. The van der Waals surface area contributed by atoms with Gasteiger partial charge in [0.2, 0.25) is 5.91 Å². The molecule has 0 atom stereocenters. The SMILES string of the molecule is CC(=O)Nc1cccc2c1c(Sc1ccc(C#N)cc1)c(C)n2CC(=O)O.Cc1c(Sc2ccc(S(C)(=O)=O)cc2)c2cc(-c3cccnc3)ccc2n1CC(=O)O.Cc1c(Sc2ccc(S(C)(=O)=O)cc2)c2cc(-c3cn[nH]c3)ccc2n1CC(=O)O. The fraction of sp³-hybridized carbons (Fsp3) is 0.141. The molecule has 88 heavy (non-hydrogen) atoms. The molecule has 0 saturated carbocycles. The Labute approximate surface area is 518 Å². The van der Waals surface area contributed by atoms with Crippen LogP contribution in [-0.2, 0) is 58.5 Å². The number of carboxylic acids is 3. The number of hydrogen-bond acceptors (Lipinski definition) is 14.